The van der Waals surface area contributed by atoms with Crippen LogP contribution in [-0.4, -0.2) is 0 Å². The van der Waals surface area contributed by atoms with Crippen LogP contribution in [0.2, 0.25) is 0 Å². The van der Waals surface area contributed by atoms with E-state index in [1.807, 2.05) is 0 Å². The zero-order valence-corrected chi connectivity index (χ0v) is 19.6. The SMILES string of the molecule is C#CC12CC3C4CC5(C67CC8CC9C%10CC(C#C)(CC96)CC7C%10C8)CC3C(C1)C(C5)C4C2. The minimum absolute atomic E-state index is 0.305. The number of rotatable bonds is 1. The molecular formula is C32H38. The van der Waals surface area contributed by atoms with Crippen molar-refractivity contribution in [2.45, 2.75) is 77.0 Å². The van der Waals surface area contributed by atoms with Gasteiger partial charge in [0, 0.05) is 10.8 Å². The number of hydrogen-bond donors (Lipinski definition) is 0. The standard InChI is InChI=1S/C32H38/c1-3-29-9-21-24-12-31(13-25(21)23(11-29)26(14-31)22(24)10-29)32-7-17-5-18-20-8-30(4-2,15-27(18)32)16-28(32)19(20)6-17/h1-2,17-28H,5-16H2. The maximum absolute atomic E-state index is 6.33. The molecule has 0 nitrogen and oxygen atoms in total. The molecule has 0 saturated heterocycles. The molecule has 4 unspecified atom stereocenters. The summed E-state index contributed by atoms with van der Waals surface area (Å²) >= 11 is 0. The monoisotopic (exact) mass is 422 g/mol. The van der Waals surface area contributed by atoms with E-state index < -0.39 is 0 Å². The topological polar surface area (TPSA) is 0 Å². The third kappa shape index (κ3) is 1.49. The van der Waals surface area contributed by atoms with E-state index in [1.54, 1.807) is 38.5 Å². The molecule has 16 bridgehead atoms. The molecule has 0 amide bonds. The summed E-state index contributed by atoms with van der Waals surface area (Å²) < 4.78 is 0. The van der Waals surface area contributed by atoms with Crippen molar-refractivity contribution < 1.29 is 0 Å². The molecule has 14 aliphatic carbocycles. The summed E-state index contributed by atoms with van der Waals surface area (Å²) in [5.74, 6) is 19.3. The molecule has 0 spiro atoms. The highest BCUT2D eigenvalue weighted by Crippen LogP contribution is 2.88. The van der Waals surface area contributed by atoms with Crippen molar-refractivity contribution in [2.75, 3.05) is 0 Å². The second-order valence-corrected chi connectivity index (χ2v) is 15.7. The van der Waals surface area contributed by atoms with E-state index >= 15 is 0 Å². The first-order valence-corrected chi connectivity index (χ1v) is 14.5. The van der Waals surface area contributed by atoms with Crippen LogP contribution in [0.1, 0.15) is 77.0 Å². The molecular weight excluding hydrogens is 384 g/mol. The molecule has 14 aliphatic rings. The summed E-state index contributed by atoms with van der Waals surface area (Å²) in [4.78, 5) is 0. The maximum Gasteiger partial charge on any atom is 0.0320 e. The molecule has 4 atom stereocenters. The minimum Gasteiger partial charge on any atom is -0.120 e. The van der Waals surface area contributed by atoms with Gasteiger partial charge in [-0.25, -0.2) is 0 Å². The molecule has 0 radical (unpaired) electrons. The van der Waals surface area contributed by atoms with Gasteiger partial charge in [-0.1, -0.05) is 11.8 Å². The van der Waals surface area contributed by atoms with Gasteiger partial charge in [-0.2, -0.15) is 0 Å². The highest BCUT2D eigenvalue weighted by atomic mass is 14.8. The Bertz CT molecular complexity index is 958. The molecule has 14 saturated carbocycles. The van der Waals surface area contributed by atoms with Crippen molar-refractivity contribution in [3.8, 4) is 24.7 Å². The Kier molecular flexibility index (Phi) is 2.62. The van der Waals surface area contributed by atoms with Crippen LogP contribution in [0.15, 0.2) is 0 Å². The van der Waals surface area contributed by atoms with Crippen molar-refractivity contribution >= 4 is 0 Å². The molecule has 0 aliphatic heterocycles. The Labute approximate surface area is 194 Å². The van der Waals surface area contributed by atoms with E-state index in [0.29, 0.717) is 21.7 Å². The van der Waals surface area contributed by atoms with Crippen LogP contribution in [0.3, 0.4) is 0 Å². The van der Waals surface area contributed by atoms with Crippen LogP contribution >= 0.6 is 0 Å². The van der Waals surface area contributed by atoms with Gasteiger partial charge in [0.1, 0.15) is 0 Å². The van der Waals surface area contributed by atoms with Crippen LogP contribution in [0.4, 0.5) is 0 Å². The Morgan fingerprint density at radius 3 is 1.34 bits per heavy atom. The molecule has 0 N–H and O–H groups in total. The summed E-state index contributed by atoms with van der Waals surface area (Å²) in [6.07, 6.45) is 30.7. The van der Waals surface area contributed by atoms with Gasteiger partial charge in [-0.15, -0.1) is 12.8 Å². The molecule has 166 valence electrons. The van der Waals surface area contributed by atoms with Crippen LogP contribution in [0, 0.1) is 117 Å². The zero-order valence-electron chi connectivity index (χ0n) is 19.6. The summed E-state index contributed by atoms with van der Waals surface area (Å²) in [7, 11) is 0. The van der Waals surface area contributed by atoms with Crippen LogP contribution < -0.4 is 0 Å². The summed E-state index contributed by atoms with van der Waals surface area (Å²) in [5, 5.41) is 0. The maximum atomic E-state index is 6.33. The lowest BCUT2D eigenvalue weighted by Gasteiger charge is -2.84. The minimum atomic E-state index is 0.305. The van der Waals surface area contributed by atoms with E-state index in [0.717, 1.165) is 71.0 Å². The van der Waals surface area contributed by atoms with E-state index in [2.05, 4.69) is 11.8 Å². The Morgan fingerprint density at radius 1 is 0.469 bits per heavy atom. The first kappa shape index (κ1) is 17.5. The first-order valence-electron chi connectivity index (χ1n) is 14.5. The van der Waals surface area contributed by atoms with Crippen molar-refractivity contribution in [1.82, 2.24) is 0 Å². The zero-order chi connectivity index (χ0) is 20.8. The fourth-order valence-corrected chi connectivity index (χ4v) is 15.8. The van der Waals surface area contributed by atoms with Gasteiger partial charge in [0.15, 0.2) is 0 Å². The van der Waals surface area contributed by atoms with Gasteiger partial charge in [-0.3, -0.25) is 0 Å². The van der Waals surface area contributed by atoms with Crippen molar-refractivity contribution in [1.29, 1.82) is 0 Å². The molecule has 14 rings (SSSR count). The quantitative estimate of drug-likeness (QED) is 0.428. The largest absolute Gasteiger partial charge is 0.120 e. The average molecular weight is 423 g/mol. The lowest BCUT2D eigenvalue weighted by Crippen LogP contribution is -2.78. The van der Waals surface area contributed by atoms with Gasteiger partial charge in [0.05, 0.1) is 0 Å². The molecule has 32 heavy (non-hydrogen) atoms. The number of hydrogen-bond acceptors (Lipinski definition) is 0. The normalized spacial score (nSPS) is 73.8. The lowest BCUT2D eigenvalue weighted by molar-refractivity contribution is -0.355. The van der Waals surface area contributed by atoms with Gasteiger partial charge in [-0.05, 0) is 159 Å². The smallest absolute Gasteiger partial charge is 0.0320 e. The predicted molar refractivity (Wildman–Crippen MR) is 125 cm³/mol. The van der Waals surface area contributed by atoms with Gasteiger partial charge in [0.25, 0.3) is 0 Å². The van der Waals surface area contributed by atoms with Crippen molar-refractivity contribution in [2.24, 2.45) is 92.7 Å². The van der Waals surface area contributed by atoms with Gasteiger partial charge in [0.2, 0.25) is 0 Å². The first-order chi connectivity index (χ1) is 15.5. The molecule has 0 aromatic rings. The Balaban J connectivity index is 1.14. The Morgan fingerprint density at radius 2 is 0.875 bits per heavy atom. The van der Waals surface area contributed by atoms with Crippen LogP contribution in [-0.2, 0) is 0 Å². The van der Waals surface area contributed by atoms with E-state index in [-0.39, 0.29) is 0 Å². The summed E-state index contributed by atoms with van der Waals surface area (Å²) in [5.41, 5.74) is 2.04. The van der Waals surface area contributed by atoms with E-state index in [9.17, 15) is 0 Å². The molecule has 0 heteroatoms. The third-order valence-electron chi connectivity index (χ3n) is 15.8. The van der Waals surface area contributed by atoms with Crippen molar-refractivity contribution in [3.63, 3.8) is 0 Å². The fraction of sp³-hybridized carbons (Fsp3) is 0.875. The van der Waals surface area contributed by atoms with E-state index in [4.69, 9.17) is 12.8 Å². The summed E-state index contributed by atoms with van der Waals surface area (Å²) in [6.45, 7) is 0. The highest BCUT2D eigenvalue weighted by molar-refractivity contribution is 5.33. The third-order valence-corrected chi connectivity index (χ3v) is 15.8. The molecule has 0 aromatic carbocycles. The van der Waals surface area contributed by atoms with Gasteiger partial charge >= 0.3 is 0 Å². The predicted octanol–water partition coefficient (Wildman–Crippen LogP) is 6.41. The molecule has 0 aromatic heterocycles. The van der Waals surface area contributed by atoms with Crippen molar-refractivity contribution in [3.05, 3.63) is 0 Å². The lowest BCUT2D eigenvalue weighted by atomic mass is 9.20. The fourth-order valence-electron chi connectivity index (χ4n) is 15.8. The second kappa shape index (κ2) is 4.78. The van der Waals surface area contributed by atoms with Crippen LogP contribution in [0.25, 0.3) is 0 Å². The van der Waals surface area contributed by atoms with Crippen LogP contribution in [0.5, 0.6) is 0 Å². The second-order valence-electron chi connectivity index (χ2n) is 15.7. The van der Waals surface area contributed by atoms with E-state index in [1.165, 1.54) is 38.5 Å². The van der Waals surface area contributed by atoms with Gasteiger partial charge < -0.3 is 0 Å². The summed E-state index contributed by atoms with van der Waals surface area (Å²) in [6, 6.07) is 0. The average Bonchev–Trinajstić information content (AvgIpc) is 2.84. The highest BCUT2D eigenvalue weighted by Gasteiger charge is 2.81. The number of terminal acetylenes is 2. The molecule has 0 heterocycles. The Hall–Kier alpha value is -0.880. The molecule has 14 fully saturated rings.